The molecule has 1 aromatic rings. The molecule has 1 aliphatic carbocycles. The predicted molar refractivity (Wildman–Crippen MR) is 97.8 cm³/mol. The normalized spacial score (nSPS) is 29.9. The van der Waals surface area contributed by atoms with E-state index in [4.69, 9.17) is 0 Å². The largest absolute Gasteiger partial charge is 0.481 e. The van der Waals surface area contributed by atoms with Crippen LogP contribution in [0.25, 0.3) is 0 Å². The summed E-state index contributed by atoms with van der Waals surface area (Å²) in [4.78, 5) is 40.4. The van der Waals surface area contributed by atoms with Crippen LogP contribution in [0.2, 0.25) is 0 Å². The number of likely N-dealkylation sites (tertiary alicyclic amines) is 2. The van der Waals surface area contributed by atoms with Gasteiger partial charge < -0.3 is 20.2 Å². The summed E-state index contributed by atoms with van der Waals surface area (Å²) in [6.45, 7) is 1.86. The van der Waals surface area contributed by atoms with Crippen LogP contribution in [-0.4, -0.2) is 58.5 Å². The number of urea groups is 1. The number of carboxylic acid groups (broad SMARTS) is 1. The third-order valence-corrected chi connectivity index (χ3v) is 6.40. The van der Waals surface area contributed by atoms with E-state index in [1.165, 1.54) is 0 Å². The van der Waals surface area contributed by atoms with E-state index >= 15 is 0 Å². The molecule has 4 rings (SSSR count). The summed E-state index contributed by atoms with van der Waals surface area (Å²) in [5.41, 5.74) is 0.268. The number of nitrogens with zero attached hydrogens (tertiary/aromatic N) is 2. The summed E-state index contributed by atoms with van der Waals surface area (Å²) < 4.78 is 0. The maximum atomic E-state index is 12.7. The highest BCUT2D eigenvalue weighted by Gasteiger charge is 2.56. The quantitative estimate of drug-likeness (QED) is 0.843. The summed E-state index contributed by atoms with van der Waals surface area (Å²) in [5.74, 6) is -0.847. The SMILES string of the molecule is O=C(NC1CCN(Cc2ccccc2)C1=O)N1C[C@@H]2CCC[C@@]2(C(=O)O)C1. The lowest BCUT2D eigenvalue weighted by atomic mass is 9.81. The van der Waals surface area contributed by atoms with Crippen molar-refractivity contribution in [2.75, 3.05) is 19.6 Å². The Labute approximate surface area is 158 Å². The van der Waals surface area contributed by atoms with Crippen molar-refractivity contribution in [2.45, 2.75) is 38.3 Å². The number of carbonyl (C=O) groups excluding carboxylic acids is 2. The maximum absolute atomic E-state index is 12.7. The predicted octanol–water partition coefficient (Wildman–Crippen LogP) is 1.68. The number of fused-ring (bicyclic) bond motifs is 1. The van der Waals surface area contributed by atoms with Crippen LogP contribution in [0.4, 0.5) is 4.79 Å². The molecule has 1 aromatic carbocycles. The first-order chi connectivity index (χ1) is 13.0. The first kappa shape index (κ1) is 17.8. The molecule has 1 saturated carbocycles. The molecular weight excluding hydrogens is 346 g/mol. The lowest BCUT2D eigenvalue weighted by Gasteiger charge is -2.24. The Balaban J connectivity index is 1.35. The van der Waals surface area contributed by atoms with Gasteiger partial charge in [0, 0.05) is 26.2 Å². The maximum Gasteiger partial charge on any atom is 0.318 e. The molecule has 27 heavy (non-hydrogen) atoms. The summed E-state index contributed by atoms with van der Waals surface area (Å²) in [5, 5.41) is 12.5. The Hall–Kier alpha value is -2.57. The van der Waals surface area contributed by atoms with Gasteiger partial charge in [-0.05, 0) is 30.7 Å². The van der Waals surface area contributed by atoms with Crippen LogP contribution < -0.4 is 5.32 Å². The number of hydrogen-bond donors (Lipinski definition) is 2. The van der Waals surface area contributed by atoms with Gasteiger partial charge in [0.1, 0.15) is 6.04 Å². The van der Waals surface area contributed by atoms with Crippen LogP contribution in [-0.2, 0) is 16.1 Å². The number of rotatable bonds is 4. The molecule has 2 N–H and O–H groups in total. The average Bonchev–Trinajstić information content (AvgIpc) is 3.31. The smallest absolute Gasteiger partial charge is 0.318 e. The standard InChI is InChI=1S/C20H25N3O4/c24-17-16(8-10-22(17)11-14-5-2-1-3-6-14)21-19(27)23-12-15-7-4-9-20(15,13-23)18(25)26/h1-3,5-6,15-16H,4,7-13H2,(H,21,27)(H,25,26)/t15-,16?,20+/m0/s1. The number of hydrogen-bond acceptors (Lipinski definition) is 3. The Morgan fingerprint density at radius 3 is 2.70 bits per heavy atom. The van der Waals surface area contributed by atoms with Crippen molar-refractivity contribution in [1.82, 2.24) is 15.1 Å². The summed E-state index contributed by atoms with van der Waals surface area (Å²) in [7, 11) is 0. The minimum Gasteiger partial charge on any atom is -0.481 e. The van der Waals surface area contributed by atoms with E-state index in [-0.39, 0.29) is 24.4 Å². The Kier molecular flexibility index (Phi) is 4.53. The fourth-order valence-corrected chi connectivity index (χ4v) is 4.87. The number of benzene rings is 1. The molecule has 0 spiro atoms. The molecule has 3 aliphatic rings. The van der Waals surface area contributed by atoms with Crippen molar-refractivity contribution in [3.63, 3.8) is 0 Å². The van der Waals surface area contributed by atoms with Gasteiger partial charge in [0.25, 0.3) is 0 Å². The van der Waals surface area contributed by atoms with Gasteiger partial charge in [0.05, 0.1) is 5.41 Å². The van der Waals surface area contributed by atoms with Crippen molar-refractivity contribution in [1.29, 1.82) is 0 Å². The molecule has 144 valence electrons. The van der Waals surface area contributed by atoms with E-state index in [2.05, 4.69) is 5.32 Å². The molecule has 3 atom stereocenters. The molecule has 7 heteroatoms. The van der Waals surface area contributed by atoms with Crippen molar-refractivity contribution in [2.24, 2.45) is 11.3 Å². The molecule has 3 fully saturated rings. The lowest BCUT2D eigenvalue weighted by Crippen LogP contribution is -2.48. The van der Waals surface area contributed by atoms with Crippen molar-refractivity contribution in [3.05, 3.63) is 35.9 Å². The van der Waals surface area contributed by atoms with E-state index in [9.17, 15) is 19.5 Å². The zero-order valence-corrected chi connectivity index (χ0v) is 15.3. The van der Waals surface area contributed by atoms with Gasteiger partial charge >= 0.3 is 12.0 Å². The van der Waals surface area contributed by atoms with Gasteiger partial charge in [-0.1, -0.05) is 36.8 Å². The van der Waals surface area contributed by atoms with E-state index in [0.717, 1.165) is 18.4 Å². The van der Waals surface area contributed by atoms with Crippen LogP contribution in [0.3, 0.4) is 0 Å². The molecule has 2 aliphatic heterocycles. The molecule has 3 amide bonds. The fraction of sp³-hybridized carbons (Fsp3) is 0.550. The van der Waals surface area contributed by atoms with Crippen molar-refractivity contribution < 1.29 is 19.5 Å². The molecule has 0 bridgehead atoms. The number of amides is 3. The summed E-state index contributed by atoms with van der Waals surface area (Å²) in [6, 6.07) is 8.94. The average molecular weight is 371 g/mol. The topological polar surface area (TPSA) is 90.0 Å². The van der Waals surface area contributed by atoms with Crippen LogP contribution in [0, 0.1) is 11.3 Å². The second-order valence-corrected chi connectivity index (χ2v) is 7.97. The first-order valence-corrected chi connectivity index (χ1v) is 9.61. The Morgan fingerprint density at radius 2 is 2.00 bits per heavy atom. The third-order valence-electron chi connectivity index (χ3n) is 6.40. The van der Waals surface area contributed by atoms with Crippen LogP contribution in [0.1, 0.15) is 31.2 Å². The molecular formula is C20H25N3O4. The third kappa shape index (κ3) is 3.15. The molecule has 0 radical (unpaired) electrons. The lowest BCUT2D eigenvalue weighted by molar-refractivity contribution is -0.149. The van der Waals surface area contributed by atoms with Crippen LogP contribution in [0.5, 0.6) is 0 Å². The second kappa shape index (κ2) is 6.87. The van der Waals surface area contributed by atoms with Crippen molar-refractivity contribution in [3.8, 4) is 0 Å². The number of carbonyl (C=O) groups is 3. The first-order valence-electron chi connectivity index (χ1n) is 9.61. The summed E-state index contributed by atoms with van der Waals surface area (Å²) >= 11 is 0. The van der Waals surface area contributed by atoms with E-state index in [1.807, 2.05) is 30.3 Å². The second-order valence-electron chi connectivity index (χ2n) is 7.97. The molecule has 2 heterocycles. The van der Waals surface area contributed by atoms with E-state index < -0.39 is 17.4 Å². The Morgan fingerprint density at radius 1 is 1.22 bits per heavy atom. The zero-order valence-electron chi connectivity index (χ0n) is 15.3. The van der Waals surface area contributed by atoms with E-state index in [0.29, 0.717) is 32.5 Å². The number of carboxylic acids is 1. The highest BCUT2D eigenvalue weighted by molar-refractivity contribution is 5.89. The number of aliphatic carboxylic acids is 1. The van der Waals surface area contributed by atoms with E-state index in [1.54, 1.807) is 9.80 Å². The van der Waals surface area contributed by atoms with Crippen LogP contribution >= 0.6 is 0 Å². The molecule has 7 nitrogen and oxygen atoms in total. The minimum absolute atomic E-state index is 0.0228. The van der Waals surface area contributed by atoms with Crippen LogP contribution in [0.15, 0.2) is 30.3 Å². The number of nitrogens with one attached hydrogen (secondary N) is 1. The van der Waals surface area contributed by atoms with Crippen molar-refractivity contribution >= 4 is 17.9 Å². The molecule has 2 saturated heterocycles. The highest BCUT2D eigenvalue weighted by Crippen LogP contribution is 2.48. The van der Waals surface area contributed by atoms with Gasteiger partial charge in [-0.2, -0.15) is 0 Å². The minimum atomic E-state index is -0.800. The highest BCUT2D eigenvalue weighted by atomic mass is 16.4. The molecule has 1 unspecified atom stereocenters. The summed E-state index contributed by atoms with van der Waals surface area (Å²) in [6.07, 6.45) is 2.97. The van der Waals surface area contributed by atoms with Gasteiger partial charge in [0.15, 0.2) is 0 Å². The van der Waals surface area contributed by atoms with Gasteiger partial charge in [-0.25, -0.2) is 4.79 Å². The van der Waals surface area contributed by atoms with Gasteiger partial charge in [-0.3, -0.25) is 9.59 Å². The van der Waals surface area contributed by atoms with Gasteiger partial charge in [-0.15, -0.1) is 0 Å². The monoisotopic (exact) mass is 371 g/mol. The van der Waals surface area contributed by atoms with Gasteiger partial charge in [0.2, 0.25) is 5.91 Å². The fourth-order valence-electron chi connectivity index (χ4n) is 4.87. The Bertz CT molecular complexity index is 753. The molecule has 0 aromatic heterocycles. The zero-order chi connectivity index (χ0) is 19.0.